The molecule has 2 rings (SSSR count). The lowest BCUT2D eigenvalue weighted by atomic mass is 10.2. The molecule has 0 saturated heterocycles. The van der Waals surface area contributed by atoms with Gasteiger partial charge in [-0.25, -0.2) is 0 Å². The van der Waals surface area contributed by atoms with Crippen molar-refractivity contribution in [3.63, 3.8) is 0 Å². The summed E-state index contributed by atoms with van der Waals surface area (Å²) < 4.78 is 1.05. The van der Waals surface area contributed by atoms with Gasteiger partial charge in [0.05, 0.1) is 9.75 Å². The van der Waals surface area contributed by atoms with Gasteiger partial charge in [-0.15, -0.1) is 22.7 Å². The lowest BCUT2D eigenvalue weighted by Gasteiger charge is -1.96. The predicted molar refractivity (Wildman–Crippen MR) is 69.5 cm³/mol. The third kappa shape index (κ3) is 1.78. The van der Waals surface area contributed by atoms with Crippen molar-refractivity contribution < 1.29 is 4.79 Å². The Bertz CT molecular complexity index is 428. The number of ketones is 1. The first-order valence-electron chi connectivity index (χ1n) is 4.02. The highest BCUT2D eigenvalue weighted by Crippen LogP contribution is 2.26. The van der Waals surface area contributed by atoms with Gasteiger partial charge in [0.15, 0.2) is 0 Å². The molecule has 2 aromatic heterocycles. The van der Waals surface area contributed by atoms with E-state index < -0.39 is 0 Å². The van der Waals surface area contributed by atoms with Crippen molar-refractivity contribution in [3.05, 3.63) is 41.8 Å². The average Bonchev–Trinajstić information content (AvgIpc) is 2.73. The maximum Gasteiger partial charge on any atom is 0.214 e. The van der Waals surface area contributed by atoms with E-state index in [1.807, 2.05) is 29.8 Å². The SMILES string of the molecule is Cc1ccsc1C(=O)c1sccc1I. The van der Waals surface area contributed by atoms with Crippen molar-refractivity contribution in [2.75, 3.05) is 0 Å². The van der Waals surface area contributed by atoms with Crippen LogP contribution in [0.15, 0.2) is 22.9 Å². The number of aryl methyl sites for hydroxylation is 1. The molecule has 0 radical (unpaired) electrons. The first-order chi connectivity index (χ1) is 6.70. The Hall–Kier alpha value is -0.200. The largest absolute Gasteiger partial charge is 0.287 e. The van der Waals surface area contributed by atoms with Crippen LogP contribution in [-0.2, 0) is 0 Å². The van der Waals surface area contributed by atoms with Crippen LogP contribution in [0.4, 0.5) is 0 Å². The second-order valence-corrected chi connectivity index (χ2v) is 5.85. The van der Waals surface area contributed by atoms with Crippen LogP contribution in [0.25, 0.3) is 0 Å². The first kappa shape index (κ1) is 10.3. The fraction of sp³-hybridized carbons (Fsp3) is 0.100. The lowest BCUT2D eigenvalue weighted by Crippen LogP contribution is -1.98. The standard InChI is InChI=1S/C10H7IOS2/c1-6-2-4-13-9(6)8(12)10-7(11)3-5-14-10/h2-5H,1H3. The van der Waals surface area contributed by atoms with Crippen molar-refractivity contribution in [1.82, 2.24) is 0 Å². The predicted octanol–water partition coefficient (Wildman–Crippen LogP) is 3.95. The van der Waals surface area contributed by atoms with E-state index >= 15 is 0 Å². The highest BCUT2D eigenvalue weighted by Gasteiger charge is 2.16. The third-order valence-corrected chi connectivity index (χ3v) is 5.09. The molecule has 0 aliphatic heterocycles. The Morgan fingerprint density at radius 1 is 1.21 bits per heavy atom. The molecule has 0 aliphatic rings. The molecule has 1 nitrogen and oxygen atoms in total. The summed E-state index contributed by atoms with van der Waals surface area (Å²) in [5.41, 5.74) is 1.07. The molecular weight excluding hydrogens is 327 g/mol. The van der Waals surface area contributed by atoms with E-state index in [1.54, 1.807) is 0 Å². The first-order valence-corrected chi connectivity index (χ1v) is 6.85. The molecule has 0 atom stereocenters. The van der Waals surface area contributed by atoms with Crippen LogP contribution in [0.2, 0.25) is 0 Å². The maximum atomic E-state index is 12.0. The minimum absolute atomic E-state index is 0.164. The average molecular weight is 334 g/mol. The third-order valence-electron chi connectivity index (χ3n) is 1.89. The molecule has 2 heterocycles. The molecule has 0 bridgehead atoms. The van der Waals surface area contributed by atoms with Crippen LogP contribution < -0.4 is 0 Å². The normalized spacial score (nSPS) is 10.4. The molecule has 0 spiro atoms. The Labute approximate surface area is 104 Å². The quantitative estimate of drug-likeness (QED) is 0.600. The second-order valence-electron chi connectivity index (χ2n) is 2.86. The molecule has 2 aromatic rings. The number of carbonyl (C=O) groups excluding carboxylic acids is 1. The Balaban J connectivity index is 2.44. The molecule has 0 aliphatic carbocycles. The monoisotopic (exact) mass is 334 g/mol. The summed E-state index contributed by atoms with van der Waals surface area (Å²) in [6, 6.07) is 3.96. The Morgan fingerprint density at radius 2 is 1.86 bits per heavy atom. The van der Waals surface area contributed by atoms with Crippen molar-refractivity contribution in [3.8, 4) is 0 Å². The zero-order valence-electron chi connectivity index (χ0n) is 7.41. The van der Waals surface area contributed by atoms with E-state index in [4.69, 9.17) is 0 Å². The maximum absolute atomic E-state index is 12.0. The number of hydrogen-bond donors (Lipinski definition) is 0. The summed E-state index contributed by atoms with van der Waals surface area (Å²) in [5, 5.41) is 3.92. The van der Waals surface area contributed by atoms with E-state index in [-0.39, 0.29) is 5.78 Å². The van der Waals surface area contributed by atoms with Crippen molar-refractivity contribution in [2.45, 2.75) is 6.92 Å². The number of thiophene rings is 2. The van der Waals surface area contributed by atoms with Gasteiger partial charge in [0, 0.05) is 3.57 Å². The Morgan fingerprint density at radius 3 is 2.36 bits per heavy atom. The fourth-order valence-corrected chi connectivity index (χ4v) is 3.88. The number of hydrogen-bond acceptors (Lipinski definition) is 3. The topological polar surface area (TPSA) is 17.1 Å². The zero-order chi connectivity index (χ0) is 10.1. The highest BCUT2D eigenvalue weighted by molar-refractivity contribution is 14.1. The van der Waals surface area contributed by atoms with E-state index in [0.717, 1.165) is 18.9 Å². The smallest absolute Gasteiger partial charge is 0.214 e. The van der Waals surface area contributed by atoms with Crippen molar-refractivity contribution in [2.24, 2.45) is 0 Å². The van der Waals surface area contributed by atoms with Gasteiger partial charge in [-0.1, -0.05) is 0 Å². The van der Waals surface area contributed by atoms with Gasteiger partial charge in [-0.3, -0.25) is 4.79 Å². The van der Waals surface area contributed by atoms with Gasteiger partial charge in [-0.05, 0) is 58.0 Å². The van der Waals surface area contributed by atoms with Gasteiger partial charge in [-0.2, -0.15) is 0 Å². The molecule has 4 heteroatoms. The molecule has 0 fully saturated rings. The van der Waals surface area contributed by atoms with Crippen LogP contribution >= 0.6 is 45.3 Å². The van der Waals surface area contributed by atoms with E-state index in [1.165, 1.54) is 22.7 Å². The summed E-state index contributed by atoms with van der Waals surface area (Å²) >= 11 is 5.23. The van der Waals surface area contributed by atoms with Crippen LogP contribution in [0.5, 0.6) is 0 Å². The summed E-state index contributed by atoms with van der Waals surface area (Å²) in [7, 11) is 0. The van der Waals surface area contributed by atoms with Gasteiger partial charge >= 0.3 is 0 Å². The van der Waals surface area contributed by atoms with Gasteiger partial charge in [0.2, 0.25) is 5.78 Å². The number of carbonyl (C=O) groups is 1. The fourth-order valence-electron chi connectivity index (χ4n) is 1.16. The summed E-state index contributed by atoms with van der Waals surface area (Å²) in [5.74, 6) is 0.164. The minimum Gasteiger partial charge on any atom is -0.287 e. The molecule has 0 aromatic carbocycles. The molecule has 0 unspecified atom stereocenters. The van der Waals surface area contributed by atoms with Crippen molar-refractivity contribution >= 4 is 51.0 Å². The number of rotatable bonds is 2. The molecule has 72 valence electrons. The van der Waals surface area contributed by atoms with Gasteiger partial charge in [0.1, 0.15) is 0 Å². The summed E-state index contributed by atoms with van der Waals surface area (Å²) in [6.45, 7) is 1.98. The van der Waals surface area contributed by atoms with Crippen LogP contribution in [-0.4, -0.2) is 5.78 Å². The molecular formula is C10H7IOS2. The molecule has 14 heavy (non-hydrogen) atoms. The van der Waals surface area contributed by atoms with E-state index in [0.29, 0.717) is 0 Å². The van der Waals surface area contributed by atoms with E-state index in [2.05, 4.69) is 22.6 Å². The number of halogens is 1. The van der Waals surface area contributed by atoms with Gasteiger partial charge in [0.25, 0.3) is 0 Å². The molecule has 0 amide bonds. The van der Waals surface area contributed by atoms with Crippen molar-refractivity contribution in [1.29, 1.82) is 0 Å². The molecule has 0 N–H and O–H groups in total. The highest BCUT2D eigenvalue weighted by atomic mass is 127. The van der Waals surface area contributed by atoms with E-state index in [9.17, 15) is 4.79 Å². The van der Waals surface area contributed by atoms with Gasteiger partial charge < -0.3 is 0 Å². The van der Waals surface area contributed by atoms with Crippen LogP contribution in [0.3, 0.4) is 0 Å². The Kier molecular flexibility index (Phi) is 3.04. The van der Waals surface area contributed by atoms with Crippen LogP contribution in [0, 0.1) is 10.5 Å². The molecule has 0 saturated carbocycles. The second kappa shape index (κ2) is 4.12. The lowest BCUT2D eigenvalue weighted by molar-refractivity contribution is 0.104. The minimum atomic E-state index is 0.164. The summed E-state index contributed by atoms with van der Waals surface area (Å²) in [4.78, 5) is 13.7. The zero-order valence-corrected chi connectivity index (χ0v) is 11.2. The van der Waals surface area contributed by atoms with Crippen LogP contribution in [0.1, 0.15) is 20.1 Å². The summed E-state index contributed by atoms with van der Waals surface area (Å²) in [6.07, 6.45) is 0.